The topological polar surface area (TPSA) is 89.3 Å². The van der Waals surface area contributed by atoms with Crippen molar-refractivity contribution in [3.05, 3.63) is 29.3 Å². The molecule has 22 heavy (non-hydrogen) atoms. The summed E-state index contributed by atoms with van der Waals surface area (Å²) in [5, 5.41) is 3.04. The Hall–Kier alpha value is -1.40. The molecule has 0 aliphatic heterocycles. The van der Waals surface area contributed by atoms with Gasteiger partial charge in [-0.1, -0.05) is 18.9 Å². The van der Waals surface area contributed by atoms with Gasteiger partial charge in [-0.2, -0.15) is 0 Å². The summed E-state index contributed by atoms with van der Waals surface area (Å²) in [7, 11) is -3.32. The number of hydrogen-bond donors (Lipinski definition) is 2. The van der Waals surface area contributed by atoms with Crippen molar-refractivity contribution in [2.45, 2.75) is 43.5 Å². The van der Waals surface area contributed by atoms with Crippen molar-refractivity contribution in [1.29, 1.82) is 0 Å². The molecule has 5 nitrogen and oxygen atoms in total. The number of hydrogen-bond acceptors (Lipinski definition) is 4. The summed E-state index contributed by atoms with van der Waals surface area (Å²) in [6.07, 6.45) is 5.34. The Kier molecular flexibility index (Phi) is 5.24. The van der Waals surface area contributed by atoms with Gasteiger partial charge in [0.05, 0.1) is 4.90 Å². The average Bonchev–Trinajstić information content (AvgIpc) is 2.47. The minimum absolute atomic E-state index is 0.0764. The van der Waals surface area contributed by atoms with Crippen LogP contribution in [-0.2, 0) is 9.84 Å². The van der Waals surface area contributed by atoms with Crippen molar-refractivity contribution in [3.8, 4) is 0 Å². The summed E-state index contributed by atoms with van der Waals surface area (Å²) in [6, 6.07) is 4.74. The van der Waals surface area contributed by atoms with Crippen LogP contribution in [-0.4, -0.2) is 33.2 Å². The normalized spacial score (nSPS) is 22.3. The van der Waals surface area contributed by atoms with Gasteiger partial charge in [-0.3, -0.25) is 4.79 Å². The van der Waals surface area contributed by atoms with E-state index in [4.69, 9.17) is 5.73 Å². The van der Waals surface area contributed by atoms with Crippen LogP contribution < -0.4 is 11.1 Å². The molecule has 2 unspecified atom stereocenters. The molecule has 0 heterocycles. The number of amides is 1. The molecule has 0 bridgehead atoms. The summed E-state index contributed by atoms with van der Waals surface area (Å²) >= 11 is 0. The molecule has 6 heteroatoms. The van der Waals surface area contributed by atoms with Crippen molar-refractivity contribution in [1.82, 2.24) is 5.32 Å². The fourth-order valence-electron chi connectivity index (χ4n) is 3.00. The summed E-state index contributed by atoms with van der Waals surface area (Å²) in [5.41, 5.74) is 6.98. The first kappa shape index (κ1) is 17.0. The van der Waals surface area contributed by atoms with Gasteiger partial charge in [0.2, 0.25) is 0 Å². The van der Waals surface area contributed by atoms with Crippen LogP contribution in [0.4, 0.5) is 0 Å². The highest BCUT2D eigenvalue weighted by molar-refractivity contribution is 7.90. The molecule has 0 spiro atoms. The van der Waals surface area contributed by atoms with Crippen LogP contribution >= 0.6 is 0 Å². The van der Waals surface area contributed by atoms with E-state index in [0.29, 0.717) is 18.0 Å². The van der Waals surface area contributed by atoms with Crippen molar-refractivity contribution in [3.63, 3.8) is 0 Å². The van der Waals surface area contributed by atoms with Gasteiger partial charge >= 0.3 is 0 Å². The van der Waals surface area contributed by atoms with Crippen molar-refractivity contribution < 1.29 is 13.2 Å². The second kappa shape index (κ2) is 6.79. The van der Waals surface area contributed by atoms with E-state index in [1.807, 2.05) is 6.92 Å². The van der Waals surface area contributed by atoms with E-state index in [1.165, 1.54) is 12.1 Å². The molecule has 0 radical (unpaired) electrons. The van der Waals surface area contributed by atoms with Gasteiger partial charge in [0.15, 0.2) is 9.84 Å². The first-order valence-corrected chi connectivity index (χ1v) is 9.53. The second-order valence-electron chi connectivity index (χ2n) is 6.11. The Bertz CT molecular complexity index is 655. The summed E-state index contributed by atoms with van der Waals surface area (Å²) in [5.74, 6) is 0.0875. The van der Waals surface area contributed by atoms with E-state index < -0.39 is 9.84 Å². The van der Waals surface area contributed by atoms with Crippen LogP contribution in [0, 0.1) is 12.8 Å². The molecule has 122 valence electrons. The first-order valence-electron chi connectivity index (χ1n) is 7.64. The minimum atomic E-state index is -3.32. The SMILES string of the molecule is Cc1ccc(S(C)(=O)=O)cc1C(=O)NC1CCCCC1CN. The van der Waals surface area contributed by atoms with E-state index in [0.717, 1.165) is 37.5 Å². The van der Waals surface area contributed by atoms with E-state index in [9.17, 15) is 13.2 Å². The maximum atomic E-state index is 12.5. The van der Waals surface area contributed by atoms with Gasteiger partial charge in [-0.05, 0) is 49.9 Å². The largest absolute Gasteiger partial charge is 0.349 e. The van der Waals surface area contributed by atoms with Gasteiger partial charge < -0.3 is 11.1 Å². The number of aryl methyl sites for hydroxylation is 1. The molecule has 1 aliphatic carbocycles. The Labute approximate surface area is 132 Å². The summed E-state index contributed by atoms with van der Waals surface area (Å²) < 4.78 is 23.3. The van der Waals surface area contributed by atoms with Crippen LogP contribution in [0.5, 0.6) is 0 Å². The van der Waals surface area contributed by atoms with Crippen LogP contribution in [0.3, 0.4) is 0 Å². The third-order valence-corrected chi connectivity index (χ3v) is 5.52. The maximum Gasteiger partial charge on any atom is 0.251 e. The molecule has 1 aromatic carbocycles. The van der Waals surface area contributed by atoms with Crippen molar-refractivity contribution in [2.75, 3.05) is 12.8 Å². The van der Waals surface area contributed by atoms with E-state index in [1.54, 1.807) is 6.07 Å². The molecule has 2 atom stereocenters. The Balaban J connectivity index is 2.22. The Morgan fingerprint density at radius 3 is 2.64 bits per heavy atom. The fourth-order valence-corrected chi connectivity index (χ4v) is 3.65. The standard InChI is InChI=1S/C16H24N2O3S/c1-11-7-8-13(22(2,20)21)9-14(11)16(19)18-15-6-4-3-5-12(15)10-17/h7-9,12,15H,3-6,10,17H2,1-2H3,(H,18,19). The van der Waals surface area contributed by atoms with E-state index in [-0.39, 0.29) is 16.8 Å². The molecule has 1 fully saturated rings. The molecule has 0 saturated heterocycles. The summed E-state index contributed by atoms with van der Waals surface area (Å²) in [6.45, 7) is 2.37. The van der Waals surface area contributed by atoms with Gasteiger partial charge in [0, 0.05) is 17.9 Å². The number of rotatable bonds is 4. The monoisotopic (exact) mass is 324 g/mol. The molecule has 1 aromatic rings. The Morgan fingerprint density at radius 1 is 1.32 bits per heavy atom. The third-order valence-electron chi connectivity index (χ3n) is 4.41. The molecular weight excluding hydrogens is 300 g/mol. The zero-order valence-corrected chi connectivity index (χ0v) is 13.9. The van der Waals surface area contributed by atoms with Crippen molar-refractivity contribution in [2.24, 2.45) is 11.7 Å². The van der Waals surface area contributed by atoms with Crippen molar-refractivity contribution >= 4 is 15.7 Å². The lowest BCUT2D eigenvalue weighted by Crippen LogP contribution is -2.44. The smallest absolute Gasteiger partial charge is 0.251 e. The highest BCUT2D eigenvalue weighted by Crippen LogP contribution is 2.24. The van der Waals surface area contributed by atoms with Crippen LogP contribution in [0.15, 0.2) is 23.1 Å². The minimum Gasteiger partial charge on any atom is -0.349 e. The second-order valence-corrected chi connectivity index (χ2v) is 8.12. The quantitative estimate of drug-likeness (QED) is 0.881. The van der Waals surface area contributed by atoms with Gasteiger partial charge in [-0.25, -0.2) is 8.42 Å². The molecule has 2 rings (SSSR count). The lowest BCUT2D eigenvalue weighted by molar-refractivity contribution is 0.0907. The molecule has 1 amide bonds. The lowest BCUT2D eigenvalue weighted by atomic mass is 9.84. The highest BCUT2D eigenvalue weighted by atomic mass is 32.2. The number of carbonyl (C=O) groups excluding carboxylic acids is 1. The van der Waals surface area contributed by atoms with Gasteiger partial charge in [0.1, 0.15) is 0 Å². The Morgan fingerprint density at radius 2 is 2.00 bits per heavy atom. The first-order chi connectivity index (χ1) is 10.3. The fraction of sp³-hybridized carbons (Fsp3) is 0.562. The van der Waals surface area contributed by atoms with Crippen LogP contribution in [0.1, 0.15) is 41.6 Å². The molecule has 1 saturated carbocycles. The number of nitrogens with two attached hydrogens (primary N) is 1. The predicted molar refractivity (Wildman–Crippen MR) is 86.6 cm³/mol. The van der Waals surface area contributed by atoms with Gasteiger partial charge in [0.25, 0.3) is 5.91 Å². The average molecular weight is 324 g/mol. The molecule has 0 aromatic heterocycles. The van der Waals surface area contributed by atoms with E-state index >= 15 is 0 Å². The molecule has 3 N–H and O–H groups in total. The zero-order chi connectivity index (χ0) is 16.3. The number of sulfone groups is 1. The number of benzene rings is 1. The molecular formula is C16H24N2O3S. The molecule has 1 aliphatic rings. The van der Waals surface area contributed by atoms with E-state index in [2.05, 4.69) is 5.32 Å². The zero-order valence-electron chi connectivity index (χ0n) is 13.1. The maximum absolute atomic E-state index is 12.5. The van der Waals surface area contributed by atoms with Crippen LogP contribution in [0.2, 0.25) is 0 Å². The summed E-state index contributed by atoms with van der Waals surface area (Å²) in [4.78, 5) is 12.7. The highest BCUT2D eigenvalue weighted by Gasteiger charge is 2.26. The third kappa shape index (κ3) is 3.87. The number of nitrogens with one attached hydrogen (secondary N) is 1. The predicted octanol–water partition coefficient (Wildman–Crippen LogP) is 1.65. The number of carbonyl (C=O) groups is 1. The van der Waals surface area contributed by atoms with Gasteiger partial charge in [-0.15, -0.1) is 0 Å². The van der Waals surface area contributed by atoms with Crippen LogP contribution in [0.25, 0.3) is 0 Å². The lowest BCUT2D eigenvalue weighted by Gasteiger charge is -2.31.